The molecule has 0 aliphatic carbocycles. The molecule has 4 nitrogen and oxygen atoms in total. The highest BCUT2D eigenvalue weighted by Crippen LogP contribution is 2.23. The average Bonchev–Trinajstić information content (AvgIpc) is 2.70. The minimum absolute atomic E-state index is 0.0730. The molecular weight excluding hydrogens is 269 g/mol. The molecule has 0 radical (unpaired) electrons. The Morgan fingerprint density at radius 1 is 1.39 bits per heavy atom. The Hall–Kier alpha value is -1.15. The van der Waals surface area contributed by atoms with Crippen molar-refractivity contribution in [3.63, 3.8) is 0 Å². The normalized spacial score (nSPS) is 11.7. The standard InChI is InChI=1S/C10H13F3N2O2S/c11-10(12,13)3-1-2-4-14-6-8-5-9(15(16)17)18-7-8/h5,7,14H,1-4,6H2. The molecule has 102 valence electrons. The maximum Gasteiger partial charge on any atom is 0.389 e. The lowest BCUT2D eigenvalue weighted by atomic mass is 10.2. The second-order valence-electron chi connectivity index (χ2n) is 3.80. The summed E-state index contributed by atoms with van der Waals surface area (Å²) in [6.45, 7) is 0.913. The first-order valence-corrected chi connectivity index (χ1v) is 6.26. The highest BCUT2D eigenvalue weighted by molar-refractivity contribution is 7.13. The van der Waals surface area contributed by atoms with Gasteiger partial charge >= 0.3 is 11.2 Å². The summed E-state index contributed by atoms with van der Waals surface area (Å²) in [6.07, 6.45) is -4.32. The third kappa shape index (κ3) is 5.97. The molecule has 0 fully saturated rings. The van der Waals surface area contributed by atoms with E-state index in [9.17, 15) is 23.3 Å². The molecule has 0 atom stereocenters. The van der Waals surface area contributed by atoms with Gasteiger partial charge in [0.05, 0.1) is 4.92 Å². The number of nitrogens with one attached hydrogen (secondary N) is 1. The van der Waals surface area contributed by atoms with E-state index in [0.29, 0.717) is 19.5 Å². The zero-order valence-electron chi connectivity index (χ0n) is 9.50. The molecule has 0 unspecified atom stereocenters. The first-order valence-electron chi connectivity index (χ1n) is 5.38. The predicted octanol–water partition coefficient (Wildman–Crippen LogP) is 3.48. The molecule has 1 heterocycles. The van der Waals surface area contributed by atoms with Gasteiger partial charge in [0.2, 0.25) is 0 Å². The highest BCUT2D eigenvalue weighted by Gasteiger charge is 2.25. The molecule has 0 aliphatic rings. The van der Waals surface area contributed by atoms with Gasteiger partial charge in [0, 0.05) is 24.4 Å². The Balaban J connectivity index is 2.12. The number of nitrogens with zero attached hydrogens (tertiary/aromatic N) is 1. The fraction of sp³-hybridized carbons (Fsp3) is 0.600. The fourth-order valence-electron chi connectivity index (χ4n) is 1.36. The summed E-state index contributed by atoms with van der Waals surface area (Å²) in [5.74, 6) is 0. The summed E-state index contributed by atoms with van der Waals surface area (Å²) in [5.41, 5.74) is 0.780. The maximum absolute atomic E-state index is 11.8. The molecule has 1 aromatic heterocycles. The van der Waals surface area contributed by atoms with Crippen molar-refractivity contribution < 1.29 is 18.1 Å². The van der Waals surface area contributed by atoms with Crippen LogP contribution >= 0.6 is 11.3 Å². The zero-order valence-corrected chi connectivity index (χ0v) is 10.3. The van der Waals surface area contributed by atoms with Gasteiger partial charge in [-0.1, -0.05) is 11.3 Å². The monoisotopic (exact) mass is 282 g/mol. The molecule has 0 saturated heterocycles. The van der Waals surface area contributed by atoms with Crippen molar-refractivity contribution in [2.75, 3.05) is 6.54 Å². The lowest BCUT2D eigenvalue weighted by molar-refractivity contribution is -0.380. The first kappa shape index (κ1) is 14.9. The van der Waals surface area contributed by atoms with Gasteiger partial charge in [0.25, 0.3) is 0 Å². The third-order valence-electron chi connectivity index (χ3n) is 2.21. The minimum Gasteiger partial charge on any atom is -0.313 e. The van der Waals surface area contributed by atoms with E-state index in [-0.39, 0.29) is 11.4 Å². The van der Waals surface area contributed by atoms with Gasteiger partial charge in [-0.05, 0) is 24.9 Å². The SMILES string of the molecule is O=[N+]([O-])c1cc(CNCCCCC(F)(F)F)cs1. The molecule has 0 bridgehead atoms. The van der Waals surface area contributed by atoms with Crippen LogP contribution in [0, 0.1) is 10.1 Å². The molecule has 0 aromatic carbocycles. The van der Waals surface area contributed by atoms with Crippen molar-refractivity contribution in [2.24, 2.45) is 0 Å². The number of rotatable bonds is 7. The van der Waals surface area contributed by atoms with Crippen LogP contribution in [0.25, 0.3) is 0 Å². The summed E-state index contributed by atoms with van der Waals surface area (Å²) in [7, 11) is 0. The number of hydrogen-bond donors (Lipinski definition) is 1. The first-order chi connectivity index (χ1) is 8.38. The summed E-state index contributed by atoms with van der Waals surface area (Å²) in [4.78, 5) is 9.95. The minimum atomic E-state index is -4.09. The van der Waals surface area contributed by atoms with Crippen LogP contribution in [0.15, 0.2) is 11.4 Å². The van der Waals surface area contributed by atoms with E-state index in [4.69, 9.17) is 0 Å². The fourth-order valence-corrected chi connectivity index (χ4v) is 2.09. The molecule has 0 amide bonds. The van der Waals surface area contributed by atoms with E-state index in [1.165, 1.54) is 6.07 Å². The van der Waals surface area contributed by atoms with E-state index >= 15 is 0 Å². The number of unbranched alkanes of at least 4 members (excludes halogenated alkanes) is 1. The van der Waals surface area contributed by atoms with Crippen LogP contribution in [-0.2, 0) is 6.54 Å². The lowest BCUT2D eigenvalue weighted by Gasteiger charge is -2.06. The quantitative estimate of drug-likeness (QED) is 0.473. The third-order valence-corrected chi connectivity index (χ3v) is 3.14. The van der Waals surface area contributed by atoms with Crippen molar-refractivity contribution in [3.05, 3.63) is 27.1 Å². The zero-order chi connectivity index (χ0) is 13.6. The smallest absolute Gasteiger partial charge is 0.313 e. The van der Waals surface area contributed by atoms with Crippen molar-refractivity contribution in [1.29, 1.82) is 0 Å². The summed E-state index contributed by atoms with van der Waals surface area (Å²) >= 11 is 1.04. The van der Waals surface area contributed by atoms with E-state index < -0.39 is 17.5 Å². The molecule has 0 aliphatic heterocycles. The van der Waals surface area contributed by atoms with Crippen LogP contribution in [-0.4, -0.2) is 17.6 Å². The second kappa shape index (κ2) is 6.69. The van der Waals surface area contributed by atoms with Crippen LogP contribution < -0.4 is 5.32 Å². The number of thiophene rings is 1. The Kier molecular flexibility index (Phi) is 5.54. The highest BCUT2D eigenvalue weighted by atomic mass is 32.1. The number of halogens is 3. The molecular formula is C10H13F3N2O2S. The summed E-state index contributed by atoms with van der Waals surface area (Å²) in [5, 5.41) is 15.1. The van der Waals surface area contributed by atoms with Crippen molar-refractivity contribution >= 4 is 16.3 Å². The summed E-state index contributed by atoms with van der Waals surface area (Å²) in [6, 6.07) is 1.47. The molecule has 1 rings (SSSR count). The maximum atomic E-state index is 11.8. The number of hydrogen-bond acceptors (Lipinski definition) is 4. The molecule has 1 aromatic rings. The van der Waals surface area contributed by atoms with Gasteiger partial charge in [0.15, 0.2) is 0 Å². The van der Waals surface area contributed by atoms with Crippen LogP contribution in [0.2, 0.25) is 0 Å². The van der Waals surface area contributed by atoms with Crippen LogP contribution in [0.4, 0.5) is 18.2 Å². The Morgan fingerprint density at radius 2 is 2.11 bits per heavy atom. The lowest BCUT2D eigenvalue weighted by Crippen LogP contribution is -2.15. The van der Waals surface area contributed by atoms with Gasteiger partial charge in [-0.15, -0.1) is 0 Å². The van der Waals surface area contributed by atoms with Crippen LogP contribution in [0.3, 0.4) is 0 Å². The summed E-state index contributed by atoms with van der Waals surface area (Å²) < 4.78 is 35.5. The molecule has 0 spiro atoms. The van der Waals surface area contributed by atoms with Gasteiger partial charge in [0.1, 0.15) is 0 Å². The molecule has 18 heavy (non-hydrogen) atoms. The van der Waals surface area contributed by atoms with Gasteiger partial charge in [-0.2, -0.15) is 13.2 Å². The Labute approximate surface area is 106 Å². The van der Waals surface area contributed by atoms with E-state index in [2.05, 4.69) is 5.32 Å². The van der Waals surface area contributed by atoms with E-state index in [0.717, 1.165) is 16.9 Å². The number of nitro groups is 1. The van der Waals surface area contributed by atoms with Crippen LogP contribution in [0.1, 0.15) is 24.8 Å². The molecule has 8 heteroatoms. The van der Waals surface area contributed by atoms with E-state index in [1.807, 2.05) is 0 Å². The van der Waals surface area contributed by atoms with Gasteiger partial charge in [-0.25, -0.2) is 0 Å². The Bertz CT molecular complexity index is 393. The average molecular weight is 282 g/mol. The molecule has 1 N–H and O–H groups in total. The van der Waals surface area contributed by atoms with Crippen molar-refractivity contribution in [3.8, 4) is 0 Å². The van der Waals surface area contributed by atoms with Crippen molar-refractivity contribution in [2.45, 2.75) is 32.0 Å². The Morgan fingerprint density at radius 3 is 2.67 bits per heavy atom. The van der Waals surface area contributed by atoms with Crippen molar-refractivity contribution in [1.82, 2.24) is 5.32 Å². The second-order valence-corrected chi connectivity index (χ2v) is 4.69. The van der Waals surface area contributed by atoms with E-state index in [1.54, 1.807) is 5.38 Å². The van der Waals surface area contributed by atoms with Gasteiger partial charge in [-0.3, -0.25) is 10.1 Å². The largest absolute Gasteiger partial charge is 0.389 e. The van der Waals surface area contributed by atoms with Gasteiger partial charge < -0.3 is 5.32 Å². The topological polar surface area (TPSA) is 55.2 Å². The molecule has 0 saturated carbocycles. The van der Waals surface area contributed by atoms with Crippen LogP contribution in [0.5, 0.6) is 0 Å². The predicted molar refractivity (Wildman–Crippen MR) is 62.6 cm³/mol. The number of alkyl halides is 3.